The van der Waals surface area contributed by atoms with Gasteiger partial charge in [-0.3, -0.25) is 9.69 Å². The van der Waals surface area contributed by atoms with Crippen LogP contribution in [0.2, 0.25) is 0 Å². The van der Waals surface area contributed by atoms with E-state index in [-0.39, 0.29) is 17.6 Å². The predicted molar refractivity (Wildman–Crippen MR) is 49.1 cm³/mol. The minimum absolute atomic E-state index is 0.236. The third-order valence-electron chi connectivity index (χ3n) is 1.41. The number of amides is 1. The van der Waals surface area contributed by atoms with Crippen molar-refractivity contribution in [3.05, 3.63) is 17.9 Å². The highest BCUT2D eigenvalue weighted by molar-refractivity contribution is 5.91. The van der Waals surface area contributed by atoms with Gasteiger partial charge >= 0.3 is 0 Å². The van der Waals surface area contributed by atoms with Crippen LogP contribution in [-0.2, 0) is 0 Å². The van der Waals surface area contributed by atoms with Gasteiger partial charge in [-0.2, -0.15) is 0 Å². The maximum atomic E-state index is 11.3. The summed E-state index contributed by atoms with van der Waals surface area (Å²) in [5.74, 6) is 0.222. The average Bonchev–Trinajstić information content (AvgIpc) is 2.47. The lowest BCUT2D eigenvalue weighted by Gasteiger charge is -2.09. The summed E-state index contributed by atoms with van der Waals surface area (Å²) in [7, 11) is 3.72. The Morgan fingerprint density at radius 1 is 1.62 bits per heavy atom. The average molecular weight is 183 g/mol. The zero-order chi connectivity index (χ0) is 9.84. The Kier molecular flexibility index (Phi) is 2.92. The number of anilines is 1. The largest absolute Gasteiger partial charge is 0.436 e. The summed E-state index contributed by atoms with van der Waals surface area (Å²) in [6.07, 6.45) is 0. The van der Waals surface area contributed by atoms with Crippen LogP contribution in [0.3, 0.4) is 0 Å². The highest BCUT2D eigenvalue weighted by atomic mass is 16.4. The van der Waals surface area contributed by atoms with Gasteiger partial charge in [0.05, 0.1) is 6.67 Å². The highest BCUT2D eigenvalue weighted by Gasteiger charge is 2.08. The lowest BCUT2D eigenvalue weighted by atomic mass is 10.4. The van der Waals surface area contributed by atoms with Crippen LogP contribution in [-0.4, -0.2) is 31.6 Å². The van der Waals surface area contributed by atoms with Crippen molar-refractivity contribution < 1.29 is 9.21 Å². The maximum absolute atomic E-state index is 11.3. The number of rotatable bonds is 3. The summed E-state index contributed by atoms with van der Waals surface area (Å²) in [5, 5.41) is 2.65. The first kappa shape index (κ1) is 9.60. The van der Waals surface area contributed by atoms with Crippen LogP contribution in [0, 0.1) is 0 Å². The Morgan fingerprint density at radius 2 is 2.31 bits per heavy atom. The van der Waals surface area contributed by atoms with Crippen molar-refractivity contribution in [3.8, 4) is 0 Å². The number of carbonyl (C=O) groups is 1. The minimum atomic E-state index is -0.259. The molecule has 0 saturated carbocycles. The van der Waals surface area contributed by atoms with E-state index in [4.69, 9.17) is 10.2 Å². The third kappa shape index (κ3) is 2.79. The fourth-order valence-corrected chi connectivity index (χ4v) is 0.792. The number of hydrogen-bond acceptors (Lipinski definition) is 4. The van der Waals surface area contributed by atoms with Gasteiger partial charge in [-0.25, -0.2) is 0 Å². The van der Waals surface area contributed by atoms with Crippen LogP contribution in [0.5, 0.6) is 0 Å². The first-order valence-electron chi connectivity index (χ1n) is 3.88. The summed E-state index contributed by atoms with van der Waals surface area (Å²) in [5.41, 5.74) is 5.32. The smallest absolute Gasteiger partial charge is 0.288 e. The number of nitrogens with one attached hydrogen (secondary N) is 1. The molecule has 1 rings (SSSR count). The van der Waals surface area contributed by atoms with Crippen molar-refractivity contribution in [2.24, 2.45) is 0 Å². The number of furan rings is 1. The van der Waals surface area contributed by atoms with E-state index in [0.717, 1.165) is 0 Å². The normalized spacial score (nSPS) is 10.4. The number of hydrogen-bond donors (Lipinski definition) is 2. The van der Waals surface area contributed by atoms with Gasteiger partial charge in [-0.15, -0.1) is 0 Å². The molecule has 0 aliphatic rings. The molecule has 0 bridgehead atoms. The van der Waals surface area contributed by atoms with E-state index in [9.17, 15) is 4.79 Å². The molecule has 0 aliphatic heterocycles. The van der Waals surface area contributed by atoms with Gasteiger partial charge in [0.25, 0.3) is 5.91 Å². The molecule has 0 saturated heterocycles. The first-order chi connectivity index (χ1) is 6.09. The van der Waals surface area contributed by atoms with Gasteiger partial charge in [0, 0.05) is 6.07 Å². The molecule has 1 heterocycles. The van der Waals surface area contributed by atoms with E-state index >= 15 is 0 Å². The monoisotopic (exact) mass is 183 g/mol. The molecule has 5 nitrogen and oxygen atoms in total. The Hall–Kier alpha value is -1.49. The molecule has 0 radical (unpaired) electrons. The molecule has 0 spiro atoms. The summed E-state index contributed by atoms with van der Waals surface area (Å²) < 4.78 is 4.92. The second kappa shape index (κ2) is 3.95. The zero-order valence-corrected chi connectivity index (χ0v) is 7.70. The molecule has 72 valence electrons. The summed E-state index contributed by atoms with van der Waals surface area (Å²) in [4.78, 5) is 13.1. The Balaban J connectivity index is 2.49. The predicted octanol–water partition coefficient (Wildman–Crippen LogP) is 0.111. The minimum Gasteiger partial charge on any atom is -0.436 e. The summed E-state index contributed by atoms with van der Waals surface area (Å²) in [6.45, 7) is 0.472. The molecule has 1 aromatic heterocycles. The van der Waals surface area contributed by atoms with Crippen LogP contribution in [0.4, 0.5) is 5.88 Å². The van der Waals surface area contributed by atoms with Crippen LogP contribution in [0.1, 0.15) is 10.6 Å². The molecule has 1 aromatic rings. The number of nitrogens with zero attached hydrogens (tertiary/aromatic N) is 1. The Labute approximate surface area is 76.5 Å². The molecule has 0 fully saturated rings. The quantitative estimate of drug-likeness (QED) is 0.652. The van der Waals surface area contributed by atoms with Crippen molar-refractivity contribution in [2.75, 3.05) is 26.5 Å². The molecule has 5 heteroatoms. The molecule has 0 aliphatic carbocycles. The van der Waals surface area contributed by atoms with Crippen molar-refractivity contribution in [1.82, 2.24) is 10.2 Å². The van der Waals surface area contributed by atoms with Crippen molar-refractivity contribution in [3.63, 3.8) is 0 Å². The molecular formula is C8H13N3O2. The second-order valence-corrected chi connectivity index (χ2v) is 2.95. The van der Waals surface area contributed by atoms with E-state index < -0.39 is 0 Å². The molecule has 1 amide bonds. The lowest BCUT2D eigenvalue weighted by molar-refractivity contribution is 0.0908. The van der Waals surface area contributed by atoms with Crippen molar-refractivity contribution in [1.29, 1.82) is 0 Å². The van der Waals surface area contributed by atoms with E-state index in [0.29, 0.717) is 6.67 Å². The fourth-order valence-electron chi connectivity index (χ4n) is 0.792. The SMILES string of the molecule is CN(C)CNC(=O)c1ccc(N)o1. The number of nitrogens with two attached hydrogens (primary N) is 1. The highest BCUT2D eigenvalue weighted by Crippen LogP contribution is 2.08. The second-order valence-electron chi connectivity index (χ2n) is 2.95. The molecule has 0 atom stereocenters. The van der Waals surface area contributed by atoms with Gasteiger partial charge in [-0.1, -0.05) is 0 Å². The Bertz CT molecular complexity index is 293. The number of carbonyl (C=O) groups excluding carboxylic acids is 1. The fraction of sp³-hybridized carbons (Fsp3) is 0.375. The number of nitrogen functional groups attached to an aromatic ring is 1. The van der Waals surface area contributed by atoms with Crippen molar-refractivity contribution >= 4 is 11.8 Å². The van der Waals surface area contributed by atoms with Crippen LogP contribution in [0.15, 0.2) is 16.5 Å². The van der Waals surface area contributed by atoms with Crippen LogP contribution >= 0.6 is 0 Å². The van der Waals surface area contributed by atoms with Crippen molar-refractivity contribution in [2.45, 2.75) is 0 Å². The molecule has 0 unspecified atom stereocenters. The first-order valence-corrected chi connectivity index (χ1v) is 3.88. The lowest BCUT2D eigenvalue weighted by Crippen LogP contribution is -2.32. The topological polar surface area (TPSA) is 71.5 Å². The standard InChI is InChI=1S/C8H13N3O2/c1-11(2)5-10-8(12)6-3-4-7(9)13-6/h3-4H,5,9H2,1-2H3,(H,10,12). The van der Waals surface area contributed by atoms with Gasteiger partial charge in [0.1, 0.15) is 0 Å². The molecular weight excluding hydrogens is 170 g/mol. The van der Waals surface area contributed by atoms with Gasteiger partial charge < -0.3 is 15.5 Å². The summed E-state index contributed by atoms with van der Waals surface area (Å²) in [6, 6.07) is 3.09. The van der Waals surface area contributed by atoms with Gasteiger partial charge in [0.2, 0.25) is 0 Å². The summed E-state index contributed by atoms with van der Waals surface area (Å²) >= 11 is 0. The zero-order valence-electron chi connectivity index (χ0n) is 7.70. The van der Waals surface area contributed by atoms with Gasteiger partial charge in [-0.05, 0) is 20.2 Å². The van der Waals surface area contributed by atoms with E-state index in [1.165, 1.54) is 0 Å². The van der Waals surface area contributed by atoms with Crippen LogP contribution in [0.25, 0.3) is 0 Å². The Morgan fingerprint density at radius 3 is 2.77 bits per heavy atom. The molecule has 3 N–H and O–H groups in total. The van der Waals surface area contributed by atoms with Crippen LogP contribution < -0.4 is 11.1 Å². The molecule has 0 aromatic carbocycles. The van der Waals surface area contributed by atoms with E-state index in [2.05, 4.69) is 5.32 Å². The van der Waals surface area contributed by atoms with Gasteiger partial charge in [0.15, 0.2) is 11.6 Å². The van der Waals surface area contributed by atoms with E-state index in [1.54, 1.807) is 12.1 Å². The van der Waals surface area contributed by atoms with E-state index in [1.807, 2.05) is 19.0 Å². The maximum Gasteiger partial charge on any atom is 0.288 e. The molecule has 13 heavy (non-hydrogen) atoms. The third-order valence-corrected chi connectivity index (χ3v) is 1.41.